The standard InChI is InChI=1S/C35H36Br2N4O4/c1-17-18(2)26-14-32-35(24(37)16-36)21(5)29(41-32)13-28-20(4)23(9-11-34(43)45-7)31(40-28)15-30-22(8-10-33(42)44-6)19(3)27(39-30)12-25(17)38-26/h12-16,40-41H,8-11H2,1-7H3/b24-16-,25-12?,26-14?,27-12?,28-13?,29-13?,30-15?,31-15?,32-14?. The normalized spacial score (nSPS) is 13.5. The van der Waals surface area contributed by atoms with Crippen molar-refractivity contribution in [3.63, 3.8) is 0 Å². The molecule has 5 heterocycles. The van der Waals surface area contributed by atoms with Crippen molar-refractivity contribution in [1.29, 1.82) is 0 Å². The van der Waals surface area contributed by atoms with Crippen molar-refractivity contribution in [2.75, 3.05) is 14.2 Å². The van der Waals surface area contributed by atoms with Gasteiger partial charge in [-0.2, -0.15) is 0 Å². The number of nitrogens with zero attached hydrogens (tertiary/aromatic N) is 2. The minimum Gasteiger partial charge on any atom is -0.469 e. The molecule has 0 saturated carbocycles. The molecule has 0 radical (unpaired) electrons. The smallest absolute Gasteiger partial charge is 0.305 e. The van der Waals surface area contributed by atoms with Crippen LogP contribution in [0.4, 0.5) is 0 Å². The summed E-state index contributed by atoms with van der Waals surface area (Å²) in [5.74, 6) is -0.547. The zero-order chi connectivity index (χ0) is 32.6. The molecule has 45 heavy (non-hydrogen) atoms. The van der Waals surface area contributed by atoms with Crippen molar-refractivity contribution in [3.8, 4) is 0 Å². The largest absolute Gasteiger partial charge is 0.469 e. The van der Waals surface area contributed by atoms with E-state index in [2.05, 4.69) is 81.7 Å². The number of ether oxygens (including phenoxy) is 2. The van der Waals surface area contributed by atoms with Crippen LogP contribution < -0.4 is 0 Å². The Morgan fingerprint density at radius 1 is 0.711 bits per heavy atom. The van der Waals surface area contributed by atoms with Gasteiger partial charge in [-0.15, -0.1) is 0 Å². The molecule has 0 unspecified atom stereocenters. The molecular weight excluding hydrogens is 700 g/mol. The molecule has 0 aliphatic carbocycles. The highest BCUT2D eigenvalue weighted by Crippen LogP contribution is 2.38. The number of halogens is 2. The van der Waals surface area contributed by atoms with E-state index in [1.54, 1.807) is 0 Å². The van der Waals surface area contributed by atoms with Gasteiger partial charge in [-0.3, -0.25) is 9.59 Å². The van der Waals surface area contributed by atoms with Crippen LogP contribution in [-0.2, 0) is 25.5 Å². The van der Waals surface area contributed by atoms with Gasteiger partial charge < -0.3 is 19.4 Å². The summed E-state index contributed by atoms with van der Waals surface area (Å²) in [6.07, 6.45) is 1.46. The monoisotopic (exact) mass is 734 g/mol. The van der Waals surface area contributed by atoms with Crippen molar-refractivity contribution < 1.29 is 19.1 Å². The summed E-state index contributed by atoms with van der Waals surface area (Å²) < 4.78 is 10.8. The fourth-order valence-corrected chi connectivity index (χ4v) is 6.63. The van der Waals surface area contributed by atoms with Crippen LogP contribution in [0.2, 0.25) is 0 Å². The lowest BCUT2D eigenvalue weighted by atomic mass is 10.00. The molecule has 8 bridgehead atoms. The number of hydrogen-bond acceptors (Lipinski definition) is 6. The van der Waals surface area contributed by atoms with Crippen molar-refractivity contribution in [2.45, 2.75) is 60.3 Å². The highest BCUT2D eigenvalue weighted by Gasteiger charge is 2.22. The number of aromatic nitrogens is 4. The Hall–Kier alpha value is -3.76. The summed E-state index contributed by atoms with van der Waals surface area (Å²) in [4.78, 5) is 43.6. The van der Waals surface area contributed by atoms with E-state index in [-0.39, 0.29) is 24.8 Å². The number of nitrogens with one attached hydrogen (secondary N) is 2. The Morgan fingerprint density at radius 3 is 1.89 bits per heavy atom. The van der Waals surface area contributed by atoms with Crippen LogP contribution >= 0.6 is 31.9 Å². The van der Waals surface area contributed by atoms with Crippen LogP contribution in [0.3, 0.4) is 0 Å². The number of carbonyl (C=O) groups excluding carboxylic acids is 2. The number of fused-ring (bicyclic) bond motifs is 8. The van der Waals surface area contributed by atoms with Crippen molar-refractivity contribution in [3.05, 3.63) is 74.3 Å². The summed E-state index contributed by atoms with van der Waals surface area (Å²) in [5, 5.41) is 0. The molecule has 0 fully saturated rings. The second-order valence-electron chi connectivity index (χ2n) is 11.3. The van der Waals surface area contributed by atoms with Gasteiger partial charge in [-0.1, -0.05) is 15.9 Å². The van der Waals surface area contributed by atoms with E-state index in [1.807, 2.05) is 24.0 Å². The second-order valence-corrected chi connectivity index (χ2v) is 12.6. The first-order chi connectivity index (χ1) is 21.5. The van der Waals surface area contributed by atoms with Crippen LogP contribution in [0.25, 0.3) is 48.8 Å². The third kappa shape index (κ3) is 6.35. The van der Waals surface area contributed by atoms with Crippen LogP contribution in [0.5, 0.6) is 0 Å². The molecule has 8 nitrogen and oxygen atoms in total. The van der Waals surface area contributed by atoms with E-state index >= 15 is 0 Å². The molecule has 0 spiro atoms. The lowest BCUT2D eigenvalue weighted by molar-refractivity contribution is -0.141. The summed E-state index contributed by atoms with van der Waals surface area (Å²) in [6, 6.07) is 8.24. The number of esters is 2. The Morgan fingerprint density at radius 2 is 1.24 bits per heavy atom. The Bertz CT molecular complexity index is 2000. The molecule has 0 saturated heterocycles. The highest BCUT2D eigenvalue weighted by atomic mass is 79.9. The summed E-state index contributed by atoms with van der Waals surface area (Å²) in [7, 11) is 2.80. The van der Waals surface area contributed by atoms with Crippen LogP contribution in [0.1, 0.15) is 85.1 Å². The maximum Gasteiger partial charge on any atom is 0.305 e. The maximum atomic E-state index is 12.2. The van der Waals surface area contributed by atoms with Crippen molar-refractivity contribution in [1.82, 2.24) is 19.9 Å². The molecule has 0 atom stereocenters. The topological polar surface area (TPSA) is 110 Å². The van der Waals surface area contributed by atoms with Crippen LogP contribution in [0, 0.1) is 13.8 Å². The number of hydrogen-bond donors (Lipinski definition) is 2. The second kappa shape index (κ2) is 13.3. The number of aromatic amines is 2. The highest BCUT2D eigenvalue weighted by molar-refractivity contribution is 9.16. The molecule has 3 aromatic rings. The zero-order valence-electron chi connectivity index (χ0n) is 26.5. The van der Waals surface area contributed by atoms with Gasteiger partial charge in [0.05, 0.1) is 37.0 Å². The first kappa shape index (κ1) is 32.6. The summed E-state index contributed by atoms with van der Waals surface area (Å²) in [6.45, 7) is 10.3. The number of allylic oxidation sites excluding steroid dienone is 4. The summed E-state index contributed by atoms with van der Waals surface area (Å²) in [5.41, 5.74) is 15.2. The third-order valence-corrected chi connectivity index (χ3v) is 10.5. The van der Waals surface area contributed by atoms with Gasteiger partial charge in [0.1, 0.15) is 0 Å². The van der Waals surface area contributed by atoms with Crippen molar-refractivity contribution in [2.24, 2.45) is 0 Å². The Kier molecular flexibility index (Phi) is 9.65. The first-order valence-corrected chi connectivity index (χ1v) is 16.4. The molecule has 0 amide bonds. The van der Waals surface area contributed by atoms with Gasteiger partial charge in [-0.25, -0.2) is 9.97 Å². The zero-order valence-corrected chi connectivity index (χ0v) is 29.7. The number of methoxy groups -OCH3 is 2. The predicted octanol–water partition coefficient (Wildman–Crippen LogP) is 8.96. The van der Waals surface area contributed by atoms with Gasteiger partial charge in [-0.05, 0) is 132 Å². The van der Waals surface area contributed by atoms with E-state index in [0.29, 0.717) is 12.8 Å². The molecule has 10 heteroatoms. The third-order valence-electron chi connectivity index (χ3n) is 8.80. The Balaban J connectivity index is 1.91. The maximum absolute atomic E-state index is 12.2. The summed E-state index contributed by atoms with van der Waals surface area (Å²) >= 11 is 7.24. The predicted molar refractivity (Wildman–Crippen MR) is 189 cm³/mol. The Labute approximate surface area is 279 Å². The van der Waals surface area contributed by atoms with E-state index in [0.717, 1.165) is 93.9 Å². The number of carbonyl (C=O) groups is 2. The van der Waals surface area contributed by atoms with E-state index in [9.17, 15) is 9.59 Å². The van der Waals surface area contributed by atoms with Gasteiger partial charge in [0.15, 0.2) is 0 Å². The van der Waals surface area contributed by atoms with Gasteiger partial charge in [0.2, 0.25) is 0 Å². The van der Waals surface area contributed by atoms with Gasteiger partial charge in [0.25, 0.3) is 0 Å². The van der Waals surface area contributed by atoms with Crippen molar-refractivity contribution >= 4 is 92.6 Å². The minimum atomic E-state index is -0.276. The molecule has 2 aliphatic rings. The SMILES string of the molecule is COC(=O)CCC1=C(C)c2cc3nc(cc4[nH]c(cc5[nH]c(cc1n2)c(CCC(=O)OC)c5C)c(C)c4/C(Br)=C/Br)C(C)=C3C. The molecule has 5 rings (SSSR count). The fraction of sp³-hybridized carbons (Fsp3) is 0.314. The van der Waals surface area contributed by atoms with Gasteiger partial charge >= 0.3 is 11.9 Å². The van der Waals surface area contributed by atoms with Gasteiger partial charge in [0, 0.05) is 45.0 Å². The number of H-pyrrole nitrogens is 2. The first-order valence-electron chi connectivity index (χ1n) is 14.7. The lowest BCUT2D eigenvalue weighted by Gasteiger charge is -2.04. The minimum absolute atomic E-state index is 0.238. The average molecular weight is 737 g/mol. The molecular formula is C35H36Br2N4O4. The van der Waals surface area contributed by atoms with E-state index in [1.165, 1.54) is 14.2 Å². The molecule has 0 aromatic carbocycles. The van der Waals surface area contributed by atoms with Crippen LogP contribution in [0.15, 0.2) is 29.3 Å². The number of rotatable bonds is 7. The number of aryl methyl sites for hydroxylation is 3. The van der Waals surface area contributed by atoms with E-state index < -0.39 is 0 Å². The molecule has 2 aliphatic heterocycles. The quantitative estimate of drug-likeness (QED) is 0.235. The molecule has 2 N–H and O–H groups in total. The lowest BCUT2D eigenvalue weighted by Crippen LogP contribution is -2.02. The molecule has 234 valence electrons. The molecule has 3 aromatic heterocycles. The van der Waals surface area contributed by atoms with Crippen LogP contribution in [-0.4, -0.2) is 46.1 Å². The fourth-order valence-electron chi connectivity index (χ4n) is 5.89. The van der Waals surface area contributed by atoms with E-state index in [4.69, 9.17) is 19.4 Å². The average Bonchev–Trinajstić information content (AvgIpc) is 3.68.